The van der Waals surface area contributed by atoms with E-state index < -0.39 is 11.2 Å². The fraction of sp³-hybridized carbons (Fsp3) is 0.444. The van der Waals surface area contributed by atoms with Gasteiger partial charge >= 0.3 is 46.1 Å². The molecule has 0 aliphatic heterocycles. The van der Waals surface area contributed by atoms with Crippen molar-refractivity contribution in [2.75, 3.05) is 0 Å². The van der Waals surface area contributed by atoms with Crippen molar-refractivity contribution in [3.63, 3.8) is 0 Å². The molecule has 4 aromatic rings. The van der Waals surface area contributed by atoms with Gasteiger partial charge in [-0.15, -0.1) is 0 Å². The molecule has 0 spiro atoms. The maximum Gasteiger partial charge on any atom is 2.00 e. The first-order chi connectivity index (χ1) is 23.6. The van der Waals surface area contributed by atoms with E-state index in [1.54, 1.807) is 0 Å². The molecule has 5 unspecified atom stereocenters. The third kappa shape index (κ3) is 20.0. The predicted octanol–water partition coefficient (Wildman–Crippen LogP) is 8.34. The van der Waals surface area contributed by atoms with Crippen LogP contribution in [0.25, 0.3) is 0 Å². The molecule has 2 N–H and O–H groups in total. The van der Waals surface area contributed by atoms with Gasteiger partial charge in [0.1, 0.15) is 5.78 Å². The van der Waals surface area contributed by atoms with Gasteiger partial charge in [0.15, 0.2) is 0 Å². The number of aliphatic hydroxyl groups is 2. The van der Waals surface area contributed by atoms with Gasteiger partial charge in [0, 0.05) is 17.3 Å². The number of halogens is 2. The first-order valence-electron chi connectivity index (χ1n) is 18.3. The van der Waals surface area contributed by atoms with Crippen LogP contribution < -0.4 is 17.0 Å². The van der Waals surface area contributed by atoms with Gasteiger partial charge in [-0.05, 0) is 92.4 Å². The molecule has 4 aromatic carbocycles. The zero-order chi connectivity index (χ0) is 35.4. The second-order valence-electron chi connectivity index (χ2n) is 14.3. The summed E-state index contributed by atoms with van der Waals surface area (Å²) >= 11 is 3.31. The maximum absolute atomic E-state index is 10.7. The number of ketones is 1. The maximum atomic E-state index is 10.7. The number of carbonyl (C=O) groups excluding carboxylic acids is 1. The minimum Gasteiger partial charge on any atom is -1.00 e. The Kier molecular flexibility index (Phi) is 27.8. The molecule has 3 saturated carbocycles. The molecular weight excluding hydrogens is 797 g/mol. The van der Waals surface area contributed by atoms with Gasteiger partial charge in [-0.25, -0.2) is 0 Å². The molecule has 52 heavy (non-hydrogen) atoms. The van der Waals surface area contributed by atoms with E-state index in [1.165, 1.54) is 19.3 Å². The summed E-state index contributed by atoms with van der Waals surface area (Å²) in [7, 11) is 0. The monoisotopic (exact) mass is 854 g/mol. The first-order valence-corrected chi connectivity index (χ1v) is 19.1. The molecule has 3 aliphatic rings. The van der Waals surface area contributed by atoms with Crippen LogP contribution >= 0.6 is 15.9 Å². The number of rotatable bonds is 2. The minimum atomic E-state index is -0.557. The van der Waals surface area contributed by atoms with Gasteiger partial charge < -0.3 is 30.0 Å². The predicted molar refractivity (Wildman–Crippen MR) is 222 cm³/mol. The van der Waals surface area contributed by atoms with Crippen molar-refractivity contribution in [3.05, 3.63) is 143 Å². The van der Waals surface area contributed by atoms with Gasteiger partial charge in [-0.2, -0.15) is 36.4 Å². The second kappa shape index (κ2) is 28.4. The number of carbonyl (C=O) groups is 1. The van der Waals surface area contributed by atoms with Crippen LogP contribution in [0.3, 0.4) is 0 Å². The Morgan fingerprint density at radius 2 is 1.00 bits per heavy atom. The SMILES string of the molecule is Brc1ccccc1.CC1CCCC(=O)C1.CC1CCCC(O)(c2ccccc2)C1.CC1CCCC(O)(c2ccccc2)C1.[Br-].[H-].[H-].[Mg+2].[Mg+2].[c-]1ccccc1. The summed E-state index contributed by atoms with van der Waals surface area (Å²) < 4.78 is 1.13. The van der Waals surface area contributed by atoms with E-state index in [0.29, 0.717) is 23.5 Å². The smallest absolute Gasteiger partial charge is 1.00 e. The molecule has 0 amide bonds. The third-order valence-corrected chi connectivity index (χ3v) is 10.2. The average molecular weight is 857 g/mol. The molecule has 3 nitrogen and oxygen atoms in total. The topological polar surface area (TPSA) is 57.5 Å². The Morgan fingerprint density at radius 3 is 1.27 bits per heavy atom. The zero-order valence-electron chi connectivity index (χ0n) is 33.7. The molecule has 0 aromatic heterocycles. The van der Waals surface area contributed by atoms with Gasteiger partial charge in [-0.1, -0.05) is 128 Å². The second-order valence-corrected chi connectivity index (χ2v) is 15.2. The van der Waals surface area contributed by atoms with E-state index in [4.69, 9.17) is 0 Å². The Hall–Kier alpha value is -1.04. The average Bonchev–Trinajstić information content (AvgIpc) is 3.11. The summed E-state index contributed by atoms with van der Waals surface area (Å²) in [6.45, 7) is 6.61. The summed E-state index contributed by atoms with van der Waals surface area (Å²) in [5, 5.41) is 21.0. The molecular formula is C45H60Br2Mg2O3. The molecule has 7 heteroatoms. The molecule has 7 rings (SSSR count). The van der Waals surface area contributed by atoms with Crippen molar-refractivity contribution in [2.24, 2.45) is 17.8 Å². The van der Waals surface area contributed by atoms with Crippen molar-refractivity contribution in [3.8, 4) is 0 Å². The largest absolute Gasteiger partial charge is 2.00 e. The van der Waals surface area contributed by atoms with Crippen LogP contribution in [0.1, 0.15) is 112 Å². The molecule has 276 valence electrons. The molecule has 3 fully saturated rings. The number of hydrogen-bond donors (Lipinski definition) is 2. The van der Waals surface area contributed by atoms with Gasteiger partial charge in [0.25, 0.3) is 0 Å². The fourth-order valence-electron chi connectivity index (χ4n) is 7.07. The van der Waals surface area contributed by atoms with Gasteiger partial charge in [-0.3, -0.25) is 4.79 Å². The van der Waals surface area contributed by atoms with Gasteiger partial charge in [0.05, 0.1) is 11.2 Å². The number of benzene rings is 4. The normalized spacial score (nSPS) is 24.5. The first kappa shape index (κ1) is 51.0. The van der Waals surface area contributed by atoms with Crippen LogP contribution in [0.5, 0.6) is 0 Å². The van der Waals surface area contributed by atoms with Crippen molar-refractivity contribution in [2.45, 2.75) is 109 Å². The minimum absolute atomic E-state index is 0. The summed E-state index contributed by atoms with van der Waals surface area (Å²) in [6, 6.07) is 42.7. The number of hydrogen-bond acceptors (Lipinski definition) is 3. The van der Waals surface area contributed by atoms with E-state index in [-0.39, 0.29) is 65.9 Å². The molecule has 3 aliphatic carbocycles. The van der Waals surface area contributed by atoms with Crippen LogP contribution in [0, 0.1) is 23.8 Å². The number of Topliss-reactive ketones (excluding diaryl/α,β-unsaturated/α-hetero) is 1. The summed E-state index contributed by atoms with van der Waals surface area (Å²) in [5.41, 5.74) is 1.07. The van der Waals surface area contributed by atoms with Crippen LogP contribution in [0.4, 0.5) is 0 Å². The standard InChI is InChI=1S/2C13H18O.C7H12O.C6H5Br.C6H5.BrH.2Mg.2H/c2*1-11-6-5-9-13(14,10-11)12-7-3-2-4-8-12;1-6-3-2-4-7(8)5-6;7-6-4-2-1-3-5-6;1-2-4-6-5-3-1;;;;;/h2*2-4,7-8,11,14H,5-6,9-10H2,1H3;6H,2-5H2,1H3;1-5H;1-5H;1H;;;;/q;;;;-1;;2*+2;2*-1/p-1. The van der Waals surface area contributed by atoms with Gasteiger partial charge in [0.2, 0.25) is 0 Å². The van der Waals surface area contributed by atoms with E-state index in [9.17, 15) is 15.0 Å². The quantitative estimate of drug-likeness (QED) is 0.158. The van der Waals surface area contributed by atoms with Crippen LogP contribution in [-0.4, -0.2) is 62.1 Å². The van der Waals surface area contributed by atoms with Crippen molar-refractivity contribution < 1.29 is 34.8 Å². The summed E-state index contributed by atoms with van der Waals surface area (Å²) in [5.74, 6) is 2.42. The van der Waals surface area contributed by atoms with Crippen LogP contribution in [0.2, 0.25) is 0 Å². The van der Waals surface area contributed by atoms with Crippen molar-refractivity contribution in [1.29, 1.82) is 0 Å². The molecule has 5 atom stereocenters. The zero-order valence-corrected chi connectivity index (χ0v) is 37.7. The van der Waals surface area contributed by atoms with Crippen LogP contribution in [-0.2, 0) is 16.0 Å². The van der Waals surface area contributed by atoms with Crippen molar-refractivity contribution in [1.82, 2.24) is 0 Å². The van der Waals surface area contributed by atoms with E-state index >= 15 is 0 Å². The summed E-state index contributed by atoms with van der Waals surface area (Å²) in [6.07, 6.45) is 12.5. The van der Waals surface area contributed by atoms with E-state index in [1.807, 2.05) is 121 Å². The van der Waals surface area contributed by atoms with Crippen LogP contribution in [0.15, 0.2) is 126 Å². The Balaban J connectivity index is -0.000000611. The fourth-order valence-corrected chi connectivity index (χ4v) is 7.37. The molecule has 0 radical (unpaired) electrons. The Morgan fingerprint density at radius 1 is 0.615 bits per heavy atom. The molecule has 0 bridgehead atoms. The molecule has 0 saturated heterocycles. The molecule has 0 heterocycles. The third-order valence-electron chi connectivity index (χ3n) is 9.64. The van der Waals surface area contributed by atoms with E-state index in [0.717, 1.165) is 73.4 Å². The van der Waals surface area contributed by atoms with E-state index in [2.05, 4.69) is 42.8 Å². The van der Waals surface area contributed by atoms with Crippen molar-refractivity contribution >= 4 is 67.8 Å². The summed E-state index contributed by atoms with van der Waals surface area (Å²) in [4.78, 5) is 10.7. The Bertz CT molecular complexity index is 1350. The Labute approximate surface area is 369 Å².